The normalized spacial score (nSPS) is 20.8. The molecule has 1 unspecified atom stereocenters. The number of allylic oxidation sites excluding steroid dienone is 2. The SMILES string of the molecule is C1=NCCCN1.C1CCC(N2CCNCC2)CC1.C1CCCNCCC1.CC(C)(C)OC(=O)N1CCNCC1.COC(C)(C)C1CCCN1.O=C1CNC(=O)C1.c1cc2c(s1)CCNC2.c1cc2c3c(cccc3c1)CNC2.c1ccc(CN2CCNCC2)cc1.c1ccc2c(c1)CC1=C2CCC1. The van der Waals surface area contributed by atoms with E-state index in [0.29, 0.717) is 6.04 Å². The van der Waals surface area contributed by atoms with E-state index in [9.17, 15) is 14.4 Å². The van der Waals surface area contributed by atoms with E-state index >= 15 is 0 Å². The molecule has 0 bridgehead atoms. The highest BCUT2D eigenvalue weighted by molar-refractivity contribution is 7.10. The number of hydrogen-bond acceptors (Lipinski definition) is 17. The molecular weight excluding hydrogens is 1300 g/mol. The van der Waals surface area contributed by atoms with Crippen LogP contribution in [-0.2, 0) is 58.1 Å². The second-order valence-corrected chi connectivity index (χ2v) is 31.2. The lowest BCUT2D eigenvalue weighted by atomic mass is 9.94. The fraction of sp³-hybridized carbons (Fsp3) is 0.619. The van der Waals surface area contributed by atoms with Crippen molar-refractivity contribution < 1.29 is 23.9 Å². The number of carbonyl (C=O) groups excluding carboxylic acids is 3. The van der Waals surface area contributed by atoms with Crippen LogP contribution in [0.15, 0.2) is 113 Å². The number of hydrogen-bond donors (Lipinski definition) is 9. The molecule has 3 aliphatic carbocycles. The fourth-order valence-electron chi connectivity index (χ4n) is 14.7. The number of methoxy groups -OCH3 is 1. The summed E-state index contributed by atoms with van der Waals surface area (Å²) in [6, 6.07) is 36.3. The van der Waals surface area contributed by atoms with Gasteiger partial charge in [0.15, 0.2) is 5.78 Å². The topological polar surface area (TPSA) is 200 Å². The molecule has 12 aliphatic rings. The van der Waals surface area contributed by atoms with Gasteiger partial charge in [-0.05, 0) is 192 Å². The predicted octanol–water partition coefficient (Wildman–Crippen LogP) is 11.9. The maximum absolute atomic E-state index is 11.5. The summed E-state index contributed by atoms with van der Waals surface area (Å²) < 4.78 is 10.6. The minimum Gasteiger partial charge on any atom is -0.444 e. The Bertz CT molecular complexity index is 3150. The van der Waals surface area contributed by atoms with Gasteiger partial charge in [0.05, 0.1) is 24.9 Å². The van der Waals surface area contributed by atoms with Gasteiger partial charge in [0.25, 0.3) is 0 Å². The summed E-state index contributed by atoms with van der Waals surface area (Å²) in [4.78, 5) is 44.2. The Balaban J connectivity index is 0.000000146. The van der Waals surface area contributed by atoms with Crippen LogP contribution < -0.4 is 47.9 Å². The molecule has 17 rings (SSSR count). The second-order valence-electron chi connectivity index (χ2n) is 30.2. The van der Waals surface area contributed by atoms with Crippen LogP contribution in [0.25, 0.3) is 16.3 Å². The van der Waals surface area contributed by atoms with E-state index in [4.69, 9.17) is 9.47 Å². The number of ether oxygens (including phenoxy) is 2. The van der Waals surface area contributed by atoms with Crippen LogP contribution in [0.4, 0.5) is 4.79 Å². The van der Waals surface area contributed by atoms with E-state index in [1.165, 1.54) is 201 Å². The number of amides is 2. The van der Waals surface area contributed by atoms with Gasteiger partial charge in [-0.1, -0.05) is 135 Å². The zero-order chi connectivity index (χ0) is 72.6. The Morgan fingerprint density at radius 3 is 1.77 bits per heavy atom. The average molecular weight is 1440 g/mol. The largest absolute Gasteiger partial charge is 0.444 e. The maximum Gasteiger partial charge on any atom is 0.410 e. The van der Waals surface area contributed by atoms with Crippen LogP contribution >= 0.6 is 11.3 Å². The molecule has 5 aromatic rings. The third-order valence-corrected chi connectivity index (χ3v) is 21.7. The molecule has 2 amide bonds. The molecule has 6 saturated heterocycles. The Kier molecular flexibility index (Phi) is 37.7. The zero-order valence-corrected chi connectivity index (χ0v) is 64.8. The van der Waals surface area contributed by atoms with Crippen molar-refractivity contribution in [3.8, 4) is 0 Å². The van der Waals surface area contributed by atoms with Gasteiger partial charge in [0.2, 0.25) is 5.91 Å². The van der Waals surface area contributed by atoms with Crippen LogP contribution in [0.1, 0.15) is 182 Å². The minimum absolute atomic E-state index is 0.00926. The van der Waals surface area contributed by atoms with Crippen molar-refractivity contribution in [1.82, 2.24) is 62.6 Å². The van der Waals surface area contributed by atoms with Crippen LogP contribution in [-0.4, -0.2) is 194 Å². The van der Waals surface area contributed by atoms with Crippen LogP contribution in [0.3, 0.4) is 0 Å². The highest BCUT2D eigenvalue weighted by atomic mass is 32.1. The van der Waals surface area contributed by atoms with E-state index < -0.39 is 0 Å². The van der Waals surface area contributed by atoms with E-state index in [2.05, 4.69) is 179 Å². The summed E-state index contributed by atoms with van der Waals surface area (Å²) in [6.07, 6.45) is 26.4. The third-order valence-electron chi connectivity index (χ3n) is 20.7. The third kappa shape index (κ3) is 30.8. The Hall–Kier alpha value is -5.94. The summed E-state index contributed by atoms with van der Waals surface area (Å²) in [5.74, 6) is -0.157. The highest BCUT2D eigenvalue weighted by Gasteiger charge is 2.31. The van der Waals surface area contributed by atoms with E-state index in [0.717, 1.165) is 97.7 Å². The first-order chi connectivity index (χ1) is 50.2. The quantitative estimate of drug-likeness (QED) is 0.0753. The molecule has 1 aromatic heterocycles. The Morgan fingerprint density at radius 1 is 0.553 bits per heavy atom. The number of aliphatic imine (C=N–C) groups is 1. The molecule has 9 aliphatic heterocycles. The maximum atomic E-state index is 11.5. The van der Waals surface area contributed by atoms with E-state index in [-0.39, 0.29) is 42.0 Å². The molecular formula is C84H131N13O5S. The number of fused-ring (bicyclic) bond motifs is 3. The monoisotopic (exact) mass is 1430 g/mol. The molecule has 0 radical (unpaired) electrons. The fourth-order valence-corrected chi connectivity index (χ4v) is 15.7. The van der Waals surface area contributed by atoms with Gasteiger partial charge >= 0.3 is 6.09 Å². The standard InChI is InChI=1S/C12H11N.C12H12.C11H16N2.C10H20N2.C9H18N2O2.C8H17NO.C7H9NS.C7H15N.C4H8N2.C4H5NO2/c1-3-9-4-2-6-11-8-13-7-10(5-1)12(9)11;1-2-6-11-9(4-1)8-10-5-3-7-12(10)11;1-2-4-11(5-3-1)10-13-8-6-12-7-9-13;1-2-4-10(5-3-1)12-8-6-11-7-9-12;1-9(2,3)13-8(12)11-6-4-10-5-7-11;1-8(2,10-3)7-5-4-6-9-7;1-3-8-5-6-2-4-9-7(1)6;1-2-4-6-8-7-5-3-1;1-2-5-4-6-3-1;6-3-1-4(7)5-2-3/h1-6,13H,7-8H2;1-2,4,6H,3,5,7-8H2;1-5,12H,6-10H2;10-11H,1-9H2;10H,4-7H2,1-3H3;7,9H,4-6H2,1-3H3;2,4,8H,1,3,5H2;8H,1-7H2;4H,1-3H2,(H,5,6);1-2H2,(H,5,7). The van der Waals surface area contributed by atoms with Gasteiger partial charge in [-0.25, -0.2) is 4.79 Å². The molecule has 1 atom stereocenters. The number of nitrogens with zero attached hydrogens (tertiary/aromatic N) is 4. The summed E-state index contributed by atoms with van der Waals surface area (Å²) in [7, 11) is 1.78. The van der Waals surface area contributed by atoms with Crippen molar-refractivity contribution >= 4 is 51.8 Å². The zero-order valence-electron chi connectivity index (χ0n) is 64.0. The molecule has 1 saturated carbocycles. The Labute approximate surface area is 623 Å². The van der Waals surface area contributed by atoms with Gasteiger partial charge in [-0.3, -0.25) is 24.4 Å². The number of Topliss-reactive ketones (excluding diaryl/α,β-unsaturated/α-hetero) is 1. The minimum atomic E-state index is -0.387. The van der Waals surface area contributed by atoms with Crippen LogP contribution in [0.5, 0.6) is 0 Å². The van der Waals surface area contributed by atoms with Gasteiger partial charge in [-0.2, -0.15) is 0 Å². The van der Waals surface area contributed by atoms with Gasteiger partial charge in [-0.15, -0.1) is 11.3 Å². The van der Waals surface area contributed by atoms with Crippen LogP contribution in [0, 0.1) is 0 Å². The van der Waals surface area contributed by atoms with Crippen molar-refractivity contribution in [2.45, 2.75) is 206 Å². The first-order valence-corrected chi connectivity index (χ1v) is 40.5. The first-order valence-electron chi connectivity index (χ1n) is 39.6. The average Bonchev–Trinajstić information content (AvgIpc) is 1.73. The van der Waals surface area contributed by atoms with Crippen molar-refractivity contribution in [3.05, 3.63) is 146 Å². The van der Waals surface area contributed by atoms with Crippen molar-refractivity contribution in [1.29, 1.82) is 0 Å². The van der Waals surface area contributed by atoms with Gasteiger partial charge in [0, 0.05) is 148 Å². The predicted molar refractivity (Wildman–Crippen MR) is 428 cm³/mol. The molecule has 7 fully saturated rings. The molecule has 10 heterocycles. The lowest BCUT2D eigenvalue weighted by Crippen LogP contribution is -2.48. The van der Waals surface area contributed by atoms with Gasteiger partial charge in [0.1, 0.15) is 5.60 Å². The molecule has 103 heavy (non-hydrogen) atoms. The number of thiophene rings is 1. The number of ketones is 1. The number of rotatable bonds is 5. The lowest BCUT2D eigenvalue weighted by Gasteiger charge is -2.36. The number of carbonyl (C=O) groups is 3. The summed E-state index contributed by atoms with van der Waals surface area (Å²) >= 11 is 1.89. The first kappa shape index (κ1) is 82.7. The molecule has 18 nitrogen and oxygen atoms in total. The molecule has 0 spiro atoms. The summed E-state index contributed by atoms with van der Waals surface area (Å²) in [5.41, 5.74) is 11.9. The lowest BCUT2D eigenvalue weighted by molar-refractivity contribution is -0.122. The van der Waals surface area contributed by atoms with Crippen LogP contribution in [0.2, 0.25) is 0 Å². The molecule has 9 N–H and O–H groups in total. The van der Waals surface area contributed by atoms with E-state index in [1.807, 2.05) is 32.1 Å². The summed E-state index contributed by atoms with van der Waals surface area (Å²) in [5, 5.41) is 33.9. The van der Waals surface area contributed by atoms with Gasteiger partial charge < -0.3 is 62.2 Å². The molecule has 4 aromatic carbocycles. The van der Waals surface area contributed by atoms with Crippen molar-refractivity contribution in [2.75, 3.05) is 131 Å². The number of nitrogens with one attached hydrogen (secondary N) is 9. The highest BCUT2D eigenvalue weighted by Crippen LogP contribution is 2.42. The van der Waals surface area contributed by atoms with Crippen molar-refractivity contribution in [2.24, 2.45) is 4.99 Å². The van der Waals surface area contributed by atoms with Crippen molar-refractivity contribution in [3.63, 3.8) is 0 Å². The number of benzene rings is 4. The smallest absolute Gasteiger partial charge is 0.410 e. The molecule has 19 heteroatoms. The van der Waals surface area contributed by atoms with E-state index in [1.54, 1.807) is 45.5 Å². The molecule has 568 valence electrons. The Morgan fingerprint density at radius 2 is 1.18 bits per heavy atom. The number of piperazine rings is 3. The second kappa shape index (κ2) is 46.9. The summed E-state index contributed by atoms with van der Waals surface area (Å²) in [6.45, 7) is 34.1.